The fourth-order valence-corrected chi connectivity index (χ4v) is 8.35. The number of carbonyl (C=O) groups excluding carboxylic acids is 1. The van der Waals surface area contributed by atoms with E-state index in [-0.39, 0.29) is 28.6 Å². The number of fused-ring (bicyclic) bond motifs is 7. The number of ether oxygens (including phenoxy) is 1. The molecule has 0 bridgehead atoms. The van der Waals surface area contributed by atoms with E-state index in [1.54, 1.807) is 6.08 Å². The summed E-state index contributed by atoms with van der Waals surface area (Å²) in [6, 6.07) is 0. The van der Waals surface area contributed by atoms with Gasteiger partial charge in [-0.3, -0.25) is 9.59 Å². The summed E-state index contributed by atoms with van der Waals surface area (Å²) in [6.45, 7) is 6.94. The molecule has 5 aliphatic rings. The molecular weight excluding hydrogens is 340 g/mol. The van der Waals surface area contributed by atoms with Crippen LogP contribution in [0.3, 0.4) is 0 Å². The predicted molar refractivity (Wildman–Crippen MR) is 101 cm³/mol. The smallest absolute Gasteiger partial charge is 0.307 e. The molecule has 27 heavy (non-hydrogen) atoms. The summed E-state index contributed by atoms with van der Waals surface area (Å²) in [5, 5.41) is 9.14. The summed E-state index contributed by atoms with van der Waals surface area (Å²) in [6.07, 6.45) is 9.82. The van der Waals surface area contributed by atoms with Gasteiger partial charge in [-0.1, -0.05) is 26.3 Å². The van der Waals surface area contributed by atoms with Gasteiger partial charge in [0.15, 0.2) is 5.78 Å². The third kappa shape index (κ3) is 2.08. The van der Waals surface area contributed by atoms with Crippen molar-refractivity contribution in [1.29, 1.82) is 0 Å². The molecule has 0 radical (unpaired) electrons. The number of hydrogen-bond acceptors (Lipinski definition) is 3. The third-order valence-electron chi connectivity index (χ3n) is 9.82. The van der Waals surface area contributed by atoms with Gasteiger partial charge in [-0.2, -0.15) is 0 Å². The van der Waals surface area contributed by atoms with Crippen LogP contribution in [-0.2, 0) is 14.3 Å². The molecule has 0 spiro atoms. The Morgan fingerprint density at radius 1 is 1.26 bits per heavy atom. The molecule has 148 valence electrons. The minimum atomic E-state index is -0.824. The number of carbonyl (C=O) groups is 2. The average Bonchev–Trinajstić information content (AvgIpc) is 3.27. The van der Waals surface area contributed by atoms with Crippen molar-refractivity contribution in [3.63, 3.8) is 0 Å². The van der Waals surface area contributed by atoms with E-state index in [4.69, 9.17) is 9.84 Å². The van der Waals surface area contributed by atoms with Crippen LogP contribution >= 0.6 is 0 Å². The zero-order chi connectivity index (χ0) is 19.2. The van der Waals surface area contributed by atoms with Crippen LogP contribution < -0.4 is 0 Å². The van der Waals surface area contributed by atoms with Crippen molar-refractivity contribution in [2.75, 3.05) is 0 Å². The number of ketones is 1. The Kier molecular flexibility index (Phi) is 3.62. The molecule has 3 saturated carbocycles. The van der Waals surface area contributed by atoms with E-state index >= 15 is 0 Å². The molecule has 8 atom stereocenters. The van der Waals surface area contributed by atoms with E-state index in [1.165, 1.54) is 19.3 Å². The van der Waals surface area contributed by atoms with E-state index < -0.39 is 5.97 Å². The Labute approximate surface area is 161 Å². The molecule has 1 aliphatic heterocycles. The average molecular weight is 373 g/mol. The van der Waals surface area contributed by atoms with Crippen LogP contribution in [0.1, 0.15) is 72.1 Å². The van der Waals surface area contributed by atoms with E-state index in [2.05, 4.69) is 20.8 Å². The molecule has 5 rings (SSSR count). The highest BCUT2D eigenvalue weighted by Crippen LogP contribution is 2.74. The first-order valence-corrected chi connectivity index (χ1v) is 10.9. The first-order valence-electron chi connectivity index (χ1n) is 10.9. The van der Waals surface area contributed by atoms with Gasteiger partial charge < -0.3 is 9.84 Å². The third-order valence-corrected chi connectivity index (χ3v) is 9.82. The van der Waals surface area contributed by atoms with Gasteiger partial charge in [0.1, 0.15) is 5.60 Å². The molecular formula is C23H32O4. The van der Waals surface area contributed by atoms with Gasteiger partial charge in [0.25, 0.3) is 0 Å². The number of carboxylic acids is 1. The summed E-state index contributed by atoms with van der Waals surface area (Å²) in [5.74, 6) is 1.47. The number of epoxide rings is 1. The molecule has 1 N–H and O–H groups in total. The van der Waals surface area contributed by atoms with Gasteiger partial charge in [-0.05, 0) is 74.7 Å². The van der Waals surface area contributed by atoms with Crippen LogP contribution in [0.25, 0.3) is 0 Å². The minimum Gasteiger partial charge on any atom is -0.481 e. The molecule has 1 saturated heterocycles. The van der Waals surface area contributed by atoms with E-state index in [1.807, 2.05) is 0 Å². The number of hydrogen-bond donors (Lipinski definition) is 1. The second-order valence-corrected chi connectivity index (χ2v) is 10.4. The lowest BCUT2D eigenvalue weighted by Gasteiger charge is -2.59. The van der Waals surface area contributed by atoms with Crippen LogP contribution in [0.4, 0.5) is 0 Å². The SMILES string of the molecule is CCC12OC1CC1C3CCC4CC(CC(=O)O)=CC(=O)C4(C)C3CCC12C. The standard InChI is InChI=1S/C23H32O4/c1-4-23-19(27-23)12-17-15-6-5-14-9-13(11-20(25)26)10-18(24)22(14,3)16(15)7-8-21(17,23)2/h10,14-17,19H,4-9,11-12H2,1-3H3,(H,25,26). The highest BCUT2D eigenvalue weighted by atomic mass is 16.6. The second kappa shape index (κ2) is 5.46. The van der Waals surface area contributed by atoms with Crippen LogP contribution in [-0.4, -0.2) is 28.6 Å². The Morgan fingerprint density at radius 3 is 2.74 bits per heavy atom. The zero-order valence-corrected chi connectivity index (χ0v) is 16.8. The number of allylic oxidation sites excluding steroid dienone is 1. The lowest BCUT2D eigenvalue weighted by atomic mass is 9.44. The van der Waals surface area contributed by atoms with Gasteiger partial charge >= 0.3 is 5.97 Å². The summed E-state index contributed by atoms with van der Waals surface area (Å²) in [5.41, 5.74) is 0.929. The van der Waals surface area contributed by atoms with Gasteiger partial charge in [-0.15, -0.1) is 0 Å². The first kappa shape index (κ1) is 17.9. The van der Waals surface area contributed by atoms with Gasteiger partial charge in [-0.25, -0.2) is 0 Å². The fraction of sp³-hybridized carbons (Fsp3) is 0.826. The Bertz CT molecular complexity index is 737. The number of carboxylic acid groups (broad SMARTS) is 1. The molecule has 0 aromatic rings. The van der Waals surface area contributed by atoms with E-state index in [0.29, 0.717) is 29.8 Å². The maximum atomic E-state index is 13.3. The Morgan fingerprint density at radius 2 is 2.04 bits per heavy atom. The summed E-state index contributed by atoms with van der Waals surface area (Å²) in [4.78, 5) is 24.4. The summed E-state index contributed by atoms with van der Waals surface area (Å²) < 4.78 is 6.21. The molecule has 0 aromatic carbocycles. The van der Waals surface area contributed by atoms with Crippen molar-refractivity contribution in [2.45, 2.75) is 83.8 Å². The second-order valence-electron chi connectivity index (χ2n) is 10.4. The monoisotopic (exact) mass is 372 g/mol. The van der Waals surface area contributed by atoms with Crippen molar-refractivity contribution in [3.05, 3.63) is 11.6 Å². The molecule has 0 amide bonds. The van der Waals surface area contributed by atoms with Crippen LogP contribution in [0.2, 0.25) is 0 Å². The Balaban J connectivity index is 1.46. The molecule has 8 unspecified atom stereocenters. The summed E-state index contributed by atoms with van der Waals surface area (Å²) in [7, 11) is 0. The van der Waals surface area contributed by atoms with Gasteiger partial charge in [0.05, 0.1) is 12.5 Å². The highest BCUT2D eigenvalue weighted by molar-refractivity contribution is 5.97. The van der Waals surface area contributed by atoms with E-state index in [0.717, 1.165) is 31.3 Å². The molecule has 1 heterocycles. The Hall–Kier alpha value is -1.16. The highest BCUT2D eigenvalue weighted by Gasteiger charge is 2.76. The normalized spacial score (nSPS) is 52.9. The largest absolute Gasteiger partial charge is 0.481 e. The van der Waals surface area contributed by atoms with Crippen LogP contribution in [0.5, 0.6) is 0 Å². The molecule has 4 heteroatoms. The van der Waals surface area contributed by atoms with Crippen molar-refractivity contribution in [2.24, 2.45) is 34.5 Å². The maximum Gasteiger partial charge on any atom is 0.307 e. The first-order chi connectivity index (χ1) is 12.8. The maximum absolute atomic E-state index is 13.3. The number of rotatable bonds is 3. The summed E-state index contributed by atoms with van der Waals surface area (Å²) >= 11 is 0. The van der Waals surface area contributed by atoms with Crippen molar-refractivity contribution in [3.8, 4) is 0 Å². The minimum absolute atomic E-state index is 0.0190. The van der Waals surface area contributed by atoms with E-state index in [9.17, 15) is 9.59 Å². The predicted octanol–water partition coefficient (Wildman–Crippen LogP) is 4.38. The van der Waals surface area contributed by atoms with Crippen molar-refractivity contribution < 1.29 is 19.4 Å². The van der Waals surface area contributed by atoms with Gasteiger partial charge in [0, 0.05) is 10.8 Å². The zero-order valence-electron chi connectivity index (χ0n) is 16.8. The lowest BCUT2D eigenvalue weighted by molar-refractivity contribution is -0.151. The molecule has 4 aliphatic carbocycles. The van der Waals surface area contributed by atoms with Crippen LogP contribution in [0.15, 0.2) is 11.6 Å². The van der Waals surface area contributed by atoms with Crippen molar-refractivity contribution in [1.82, 2.24) is 0 Å². The number of aliphatic carboxylic acids is 1. The van der Waals surface area contributed by atoms with Crippen molar-refractivity contribution >= 4 is 11.8 Å². The fourth-order valence-electron chi connectivity index (χ4n) is 8.35. The van der Waals surface area contributed by atoms with Gasteiger partial charge in [0.2, 0.25) is 0 Å². The lowest BCUT2D eigenvalue weighted by Crippen LogP contribution is -2.57. The topological polar surface area (TPSA) is 66.9 Å². The molecule has 4 nitrogen and oxygen atoms in total. The molecule has 4 fully saturated rings. The van der Waals surface area contributed by atoms with Crippen LogP contribution in [0, 0.1) is 34.5 Å². The molecule has 0 aromatic heterocycles. The quantitative estimate of drug-likeness (QED) is 0.747.